The molecule has 1 atom stereocenters. The van der Waals surface area contributed by atoms with E-state index >= 15 is 0 Å². The summed E-state index contributed by atoms with van der Waals surface area (Å²) in [5, 5.41) is 8.35. The summed E-state index contributed by atoms with van der Waals surface area (Å²) >= 11 is 0. The number of hydrogen-bond acceptors (Lipinski definition) is 4. The second-order valence-corrected chi connectivity index (χ2v) is 10.8. The Morgan fingerprint density at radius 3 is 2.82 bits per heavy atom. The van der Waals surface area contributed by atoms with Crippen molar-refractivity contribution in [3.8, 4) is 0 Å². The summed E-state index contributed by atoms with van der Waals surface area (Å²) in [6.45, 7) is 22.4. The summed E-state index contributed by atoms with van der Waals surface area (Å²) in [6, 6.07) is 4.72. The Balaban J connectivity index is 1.55. The standard InChI is InChI=1S/C29H37N5/c1-18(2)16-33-17-24(27-15-22-14-19(3)8-10-26(22)31-27)23-9-11-25(32-28(23)33)20(4)34-13-12-30-21(5)29(34,6)7/h8-9,11,14-15,17-18,26,30-31H,4-5,10,12-13,16H2,1-3,6-7H3. The van der Waals surface area contributed by atoms with Gasteiger partial charge in [0.05, 0.1) is 23.0 Å². The predicted octanol–water partition coefficient (Wildman–Crippen LogP) is 5.45. The molecule has 1 unspecified atom stereocenters. The zero-order chi connectivity index (χ0) is 24.2. The Bertz CT molecular complexity index is 1270. The highest BCUT2D eigenvalue weighted by Crippen LogP contribution is 2.36. The maximum absolute atomic E-state index is 5.18. The zero-order valence-corrected chi connectivity index (χ0v) is 21.2. The molecule has 178 valence electrons. The van der Waals surface area contributed by atoms with Crippen LogP contribution in [0.1, 0.15) is 52.3 Å². The van der Waals surface area contributed by atoms with E-state index in [2.05, 4.69) is 104 Å². The number of nitrogens with one attached hydrogen (secondary N) is 2. The van der Waals surface area contributed by atoms with Gasteiger partial charge in [-0.2, -0.15) is 0 Å². The second-order valence-electron chi connectivity index (χ2n) is 10.8. The molecule has 0 bridgehead atoms. The predicted molar refractivity (Wildman–Crippen MR) is 143 cm³/mol. The first-order chi connectivity index (χ1) is 16.1. The van der Waals surface area contributed by atoms with Crippen molar-refractivity contribution >= 4 is 22.4 Å². The smallest absolute Gasteiger partial charge is 0.141 e. The molecule has 4 heterocycles. The maximum atomic E-state index is 5.18. The summed E-state index contributed by atoms with van der Waals surface area (Å²) in [7, 11) is 0. The van der Waals surface area contributed by atoms with Crippen LogP contribution in [0.3, 0.4) is 0 Å². The van der Waals surface area contributed by atoms with Crippen LogP contribution in [0.25, 0.3) is 22.4 Å². The fourth-order valence-electron chi connectivity index (χ4n) is 5.36. The summed E-state index contributed by atoms with van der Waals surface area (Å²) in [5.74, 6) is 0.523. The van der Waals surface area contributed by atoms with Gasteiger partial charge >= 0.3 is 0 Å². The largest absolute Gasteiger partial charge is 0.385 e. The fourth-order valence-corrected chi connectivity index (χ4v) is 5.36. The third-order valence-corrected chi connectivity index (χ3v) is 7.40. The monoisotopic (exact) mass is 455 g/mol. The lowest BCUT2D eigenvalue weighted by Crippen LogP contribution is -2.54. The summed E-state index contributed by atoms with van der Waals surface area (Å²) in [4.78, 5) is 7.50. The van der Waals surface area contributed by atoms with Gasteiger partial charge in [-0.3, -0.25) is 0 Å². The van der Waals surface area contributed by atoms with E-state index in [1.807, 2.05) is 0 Å². The van der Waals surface area contributed by atoms with Gasteiger partial charge in [-0.05, 0) is 56.9 Å². The molecule has 2 aliphatic heterocycles. The zero-order valence-electron chi connectivity index (χ0n) is 21.2. The molecule has 0 spiro atoms. The number of pyridine rings is 1. The molecule has 34 heavy (non-hydrogen) atoms. The van der Waals surface area contributed by atoms with E-state index in [4.69, 9.17) is 4.98 Å². The minimum absolute atomic E-state index is 0.216. The van der Waals surface area contributed by atoms with Gasteiger partial charge in [-0.15, -0.1) is 0 Å². The topological polar surface area (TPSA) is 45.1 Å². The molecule has 2 aromatic rings. The molecule has 0 aromatic carbocycles. The fraction of sp³-hybridized carbons (Fsp3) is 0.414. The van der Waals surface area contributed by atoms with Crippen LogP contribution in [0.4, 0.5) is 0 Å². The first-order valence-corrected chi connectivity index (χ1v) is 12.4. The molecule has 1 fully saturated rings. The molecule has 3 aliphatic rings. The quantitative estimate of drug-likeness (QED) is 0.629. The van der Waals surface area contributed by atoms with E-state index in [0.29, 0.717) is 12.0 Å². The van der Waals surface area contributed by atoms with E-state index in [1.54, 1.807) is 0 Å². The lowest BCUT2D eigenvalue weighted by atomic mass is 9.95. The van der Waals surface area contributed by atoms with Crippen molar-refractivity contribution in [2.45, 2.75) is 59.2 Å². The number of allylic oxidation sites excluding steroid dienone is 2. The molecule has 5 nitrogen and oxygen atoms in total. The maximum Gasteiger partial charge on any atom is 0.141 e. The van der Waals surface area contributed by atoms with Crippen molar-refractivity contribution in [1.29, 1.82) is 0 Å². The van der Waals surface area contributed by atoms with Gasteiger partial charge < -0.3 is 20.1 Å². The number of rotatable bonds is 5. The Labute approximate surface area is 203 Å². The summed E-state index contributed by atoms with van der Waals surface area (Å²) in [6.07, 6.45) is 10.2. The Hall–Kier alpha value is -3.21. The molecule has 0 amide bonds. The average Bonchev–Trinajstić information content (AvgIpc) is 3.35. The molecule has 2 aromatic heterocycles. The van der Waals surface area contributed by atoms with Crippen molar-refractivity contribution in [2.24, 2.45) is 5.92 Å². The molecule has 2 N–H and O–H groups in total. The van der Waals surface area contributed by atoms with Crippen molar-refractivity contribution in [3.63, 3.8) is 0 Å². The first kappa shape index (κ1) is 22.6. The van der Waals surface area contributed by atoms with Gasteiger partial charge in [0.2, 0.25) is 0 Å². The highest BCUT2D eigenvalue weighted by atomic mass is 15.3. The van der Waals surface area contributed by atoms with Crippen LogP contribution in [-0.4, -0.2) is 39.1 Å². The van der Waals surface area contributed by atoms with Crippen molar-refractivity contribution in [1.82, 2.24) is 25.1 Å². The van der Waals surface area contributed by atoms with Crippen LogP contribution >= 0.6 is 0 Å². The molecule has 1 aliphatic carbocycles. The average molecular weight is 456 g/mol. The number of hydrogen-bond donors (Lipinski definition) is 2. The van der Waals surface area contributed by atoms with E-state index < -0.39 is 0 Å². The lowest BCUT2D eigenvalue weighted by Gasteiger charge is -2.46. The normalized spacial score (nSPS) is 21.6. The minimum atomic E-state index is -0.216. The van der Waals surface area contributed by atoms with Crippen LogP contribution < -0.4 is 10.6 Å². The Kier molecular flexibility index (Phi) is 5.46. The molecular weight excluding hydrogens is 418 g/mol. The van der Waals surface area contributed by atoms with Gasteiger partial charge in [-0.25, -0.2) is 4.98 Å². The third kappa shape index (κ3) is 3.77. The Morgan fingerprint density at radius 1 is 1.26 bits per heavy atom. The molecule has 0 radical (unpaired) electrons. The summed E-state index contributed by atoms with van der Waals surface area (Å²) in [5.41, 5.74) is 8.84. The SMILES string of the molecule is C=C(c1ccc2c(C3=CC4=CC(C)=CCC4N3)cn(CC(C)C)c2n1)N1CCNC(=C)C1(C)C. The van der Waals surface area contributed by atoms with Crippen molar-refractivity contribution < 1.29 is 0 Å². The van der Waals surface area contributed by atoms with E-state index in [1.165, 1.54) is 27.8 Å². The molecule has 5 heteroatoms. The second kappa shape index (κ2) is 8.23. The van der Waals surface area contributed by atoms with E-state index in [9.17, 15) is 0 Å². The summed E-state index contributed by atoms with van der Waals surface area (Å²) < 4.78 is 2.32. The Morgan fingerprint density at radius 2 is 2.06 bits per heavy atom. The number of aromatic nitrogens is 2. The van der Waals surface area contributed by atoms with Gasteiger partial charge in [-0.1, -0.05) is 44.7 Å². The van der Waals surface area contributed by atoms with Crippen LogP contribution in [0.2, 0.25) is 0 Å². The highest BCUT2D eigenvalue weighted by Gasteiger charge is 2.34. The lowest BCUT2D eigenvalue weighted by molar-refractivity contribution is 0.201. The van der Waals surface area contributed by atoms with E-state index in [0.717, 1.165) is 48.8 Å². The molecule has 5 rings (SSSR count). The van der Waals surface area contributed by atoms with Crippen molar-refractivity contribution in [3.05, 3.63) is 77.8 Å². The van der Waals surface area contributed by atoms with Crippen LogP contribution in [0, 0.1) is 5.92 Å². The highest BCUT2D eigenvalue weighted by molar-refractivity contribution is 5.93. The first-order valence-electron chi connectivity index (χ1n) is 12.4. The van der Waals surface area contributed by atoms with Gasteiger partial charge in [0, 0.05) is 48.2 Å². The third-order valence-electron chi connectivity index (χ3n) is 7.40. The van der Waals surface area contributed by atoms with E-state index in [-0.39, 0.29) is 5.54 Å². The number of fused-ring (bicyclic) bond motifs is 2. The van der Waals surface area contributed by atoms with Gasteiger partial charge in [0.15, 0.2) is 0 Å². The molecule has 0 saturated carbocycles. The van der Waals surface area contributed by atoms with Crippen LogP contribution in [0.15, 0.2) is 66.6 Å². The van der Waals surface area contributed by atoms with Gasteiger partial charge in [0.1, 0.15) is 5.65 Å². The van der Waals surface area contributed by atoms with Crippen LogP contribution in [0.5, 0.6) is 0 Å². The number of nitrogens with zero attached hydrogens (tertiary/aromatic N) is 3. The van der Waals surface area contributed by atoms with Crippen LogP contribution in [-0.2, 0) is 6.54 Å². The molecule has 1 saturated heterocycles. The van der Waals surface area contributed by atoms with Crippen molar-refractivity contribution in [2.75, 3.05) is 13.1 Å². The number of piperazine rings is 1. The molecular formula is C29H37N5. The van der Waals surface area contributed by atoms with Gasteiger partial charge in [0.25, 0.3) is 0 Å². The minimum Gasteiger partial charge on any atom is -0.385 e.